The van der Waals surface area contributed by atoms with E-state index in [1.54, 1.807) is 0 Å². The van der Waals surface area contributed by atoms with Gasteiger partial charge in [0, 0.05) is 35.5 Å². The standard InChI is InChI=1S/2C19H32O2.C18H30O2.C16H26O3.C13H20O5S.C12H22O2.C10H16O4/c1-6-17(2,3)16(20)21-18(4,5)19-10-13-7-14(11-19)9-15(8-13)12-19;1-6-18(4,5)17(20)21-19-10-13-7-14(11-19)9-15(8-13)16(19)12(2)3;1-5-15-14-8-12-7-13(9-14)11-18(15,10-12)20-16(19)17(3,4)6-2;1-4-14(2,3)13(17)19-16-8-11-5-12(9-16)7-15(18,6-11)10-16;1-4-13(2,3)12(14)17-10-7-5-8-9(6-7)19(15,16)18-11(8)10;1-5-11(2,3)10(13)14-12(4)8-6-7-9-12;1-4-10(2,3)9(12)14-7-5-8(11)13-6-7/h13-15H,6-12H2,1-5H3;12-16H,6-11H2,1-5H3;12-15H,5-11H2,1-4H3;11-12,18H,4-10H2,1-3H3;7-11H,4-6H2,1-3H3;5-9H2,1-4H3;7H,4-6H2,1-3H3. The summed E-state index contributed by atoms with van der Waals surface area (Å²) in [7, 11) is -3.43. The molecule has 1 N–H and O–H groups in total. The van der Waals surface area contributed by atoms with E-state index in [9.17, 15) is 51.9 Å². The summed E-state index contributed by atoms with van der Waals surface area (Å²) in [5.41, 5.74) is -4.17. The molecule has 732 valence electrons. The number of cyclic esters (lactones) is 1. The number of carbonyl (C=O) groups is 8. The van der Waals surface area contributed by atoms with E-state index in [4.69, 9.17) is 42.1 Å². The van der Waals surface area contributed by atoms with Crippen LogP contribution in [0.5, 0.6) is 0 Å². The van der Waals surface area contributed by atoms with Crippen molar-refractivity contribution < 1.29 is 94.0 Å². The van der Waals surface area contributed by atoms with Crippen LogP contribution in [0.3, 0.4) is 0 Å². The molecule has 0 radical (unpaired) electrons. The van der Waals surface area contributed by atoms with E-state index >= 15 is 0 Å². The number of carbonyl (C=O) groups excluding carboxylic acids is 8. The summed E-state index contributed by atoms with van der Waals surface area (Å²) >= 11 is 0. The topological polar surface area (TPSA) is 274 Å². The second kappa shape index (κ2) is 38.7. The molecular weight excluding hydrogens is 1640 g/mol. The lowest BCUT2D eigenvalue weighted by Crippen LogP contribution is -2.61. The quantitative estimate of drug-likeness (QED) is 0.0534. The molecule has 19 aliphatic carbocycles. The molecule has 2 saturated heterocycles. The third kappa shape index (κ3) is 22.5. The van der Waals surface area contributed by atoms with Crippen LogP contribution in [0, 0.1) is 138 Å². The predicted octanol–water partition coefficient (Wildman–Crippen LogP) is 23.4. The molecule has 21 aliphatic rings. The highest BCUT2D eigenvalue weighted by Gasteiger charge is 2.68. The van der Waals surface area contributed by atoms with Crippen molar-refractivity contribution in [2.75, 3.05) is 6.61 Å². The lowest BCUT2D eigenvalue weighted by Gasteiger charge is -2.61. The number of esters is 8. The average molecular weight is 1820 g/mol. The average Bonchev–Trinajstić information content (AvgIpc) is 1.52. The fourth-order valence-electron chi connectivity index (χ4n) is 27.6. The van der Waals surface area contributed by atoms with Gasteiger partial charge in [0.25, 0.3) is 10.1 Å². The maximum atomic E-state index is 12.7. The summed E-state index contributed by atoms with van der Waals surface area (Å²) in [6, 6.07) is 0. The Morgan fingerprint density at radius 3 is 1.23 bits per heavy atom. The van der Waals surface area contributed by atoms with Crippen LogP contribution in [0.2, 0.25) is 0 Å². The van der Waals surface area contributed by atoms with E-state index in [1.807, 2.05) is 125 Å². The van der Waals surface area contributed by atoms with Gasteiger partial charge in [-0.2, -0.15) is 8.42 Å². The van der Waals surface area contributed by atoms with Gasteiger partial charge in [-0.15, -0.1) is 0 Å². The number of hydrogen-bond acceptors (Lipinski definition) is 20. The first-order chi connectivity index (χ1) is 59.2. The molecule has 0 aromatic carbocycles. The summed E-state index contributed by atoms with van der Waals surface area (Å²) in [6.07, 6.45) is 38.2. The second-order valence-electron chi connectivity index (χ2n) is 50.7. The number of hydrogen-bond donors (Lipinski definition) is 1. The molecule has 0 aromatic rings. The van der Waals surface area contributed by atoms with E-state index < -0.39 is 38.1 Å². The maximum Gasteiger partial charge on any atom is 0.312 e. The smallest absolute Gasteiger partial charge is 0.312 e. The zero-order valence-electron chi connectivity index (χ0n) is 85.0. The number of fused-ring (bicyclic) bond motifs is 1. The number of rotatable bonds is 24. The molecule has 2 heterocycles. The van der Waals surface area contributed by atoms with Crippen molar-refractivity contribution >= 4 is 57.9 Å². The lowest BCUT2D eigenvalue weighted by molar-refractivity contribution is -0.225. The van der Waals surface area contributed by atoms with Crippen LogP contribution < -0.4 is 0 Å². The first kappa shape index (κ1) is 104. The zero-order chi connectivity index (χ0) is 94.9. The minimum atomic E-state index is -3.43. The van der Waals surface area contributed by atoms with E-state index in [-0.39, 0.29) is 145 Å². The van der Waals surface area contributed by atoms with E-state index in [0.717, 1.165) is 156 Å². The molecule has 21 rings (SSSR count). The third-order valence-corrected chi connectivity index (χ3v) is 39.1. The fraction of sp³-hybridized carbons (Fsp3) is 0.925. The minimum Gasteiger partial charge on any atom is -0.462 e. The third-order valence-electron chi connectivity index (χ3n) is 37.3. The van der Waals surface area contributed by atoms with Crippen molar-refractivity contribution in [2.45, 2.75) is 482 Å². The van der Waals surface area contributed by atoms with Gasteiger partial charge in [-0.25, -0.2) is 0 Å². The van der Waals surface area contributed by atoms with Crippen LogP contribution in [0.4, 0.5) is 0 Å². The van der Waals surface area contributed by atoms with Gasteiger partial charge in [-0.3, -0.25) is 42.5 Å². The molecule has 2 aliphatic heterocycles. The van der Waals surface area contributed by atoms with Gasteiger partial charge in [0.2, 0.25) is 0 Å². The highest BCUT2D eigenvalue weighted by molar-refractivity contribution is 7.87. The molecule has 21 heteroatoms. The Kier molecular flexibility index (Phi) is 31.4. The van der Waals surface area contributed by atoms with Crippen LogP contribution in [0.25, 0.3) is 0 Å². The molecule has 0 aromatic heterocycles. The largest absolute Gasteiger partial charge is 0.462 e. The summed E-state index contributed by atoms with van der Waals surface area (Å²) < 4.78 is 74.6. The summed E-state index contributed by atoms with van der Waals surface area (Å²) in [6.45, 7) is 55.0. The predicted molar refractivity (Wildman–Crippen MR) is 497 cm³/mol. The molecule has 18 bridgehead atoms. The van der Waals surface area contributed by atoms with Crippen LogP contribution in [0.15, 0.2) is 0 Å². The molecule has 14 unspecified atom stereocenters. The van der Waals surface area contributed by atoms with Gasteiger partial charge < -0.3 is 43.0 Å². The summed E-state index contributed by atoms with van der Waals surface area (Å²) in [4.78, 5) is 96.6. The Morgan fingerprint density at radius 2 is 0.820 bits per heavy atom. The fourth-order valence-corrected chi connectivity index (χ4v) is 29.5. The van der Waals surface area contributed by atoms with Crippen molar-refractivity contribution in [2.24, 2.45) is 138 Å². The van der Waals surface area contributed by atoms with Gasteiger partial charge in [0.05, 0.1) is 55.2 Å². The van der Waals surface area contributed by atoms with Crippen molar-refractivity contribution in [3.63, 3.8) is 0 Å². The highest BCUT2D eigenvalue weighted by atomic mass is 32.2. The lowest BCUT2D eigenvalue weighted by atomic mass is 9.46. The SMILES string of the molecule is CCC(C)(C)C(=O)OC(C)(C)C12CC3CC(CC(C3)C1)C2.CCC(C)(C)C(=O)OC1(C)CCCC1.CCC(C)(C)C(=O)OC12CC3CC(CC(C3)C1C(C)C)C2.CCC(C)(C)C(=O)OC12CC3CC(CC(O)(C3)C1)C2.CCC(C)(C)C(=O)OC1C2CC3C1OS(=O)(=O)C3C2.CCC(C)(C)C(=O)OC1COC(=O)C1.CCC1C2CC3CC(C2)CC1(OC(=O)C(C)(C)CC)C3. The Hall–Kier alpha value is -4.37. The molecule has 128 heavy (non-hydrogen) atoms. The van der Waals surface area contributed by atoms with E-state index in [0.29, 0.717) is 55.3 Å². The van der Waals surface area contributed by atoms with Crippen molar-refractivity contribution in [3.8, 4) is 0 Å². The van der Waals surface area contributed by atoms with Crippen LogP contribution in [-0.4, -0.2) is 125 Å². The maximum absolute atomic E-state index is 12.7. The highest BCUT2D eigenvalue weighted by Crippen LogP contribution is 2.67. The summed E-state index contributed by atoms with van der Waals surface area (Å²) in [5, 5.41) is 10.3. The van der Waals surface area contributed by atoms with Crippen molar-refractivity contribution in [3.05, 3.63) is 0 Å². The molecule has 21 fully saturated rings. The van der Waals surface area contributed by atoms with E-state index in [1.165, 1.54) is 103 Å². The van der Waals surface area contributed by atoms with Gasteiger partial charge in [0.1, 0.15) is 52.9 Å². The van der Waals surface area contributed by atoms with Crippen LogP contribution >= 0.6 is 0 Å². The molecule has 19 saturated carbocycles. The van der Waals surface area contributed by atoms with E-state index in [2.05, 4.69) is 62.3 Å². The first-order valence-corrected chi connectivity index (χ1v) is 53.1. The Balaban J connectivity index is 0.000000145. The molecule has 14 atom stereocenters. The van der Waals surface area contributed by atoms with Crippen LogP contribution in [-0.2, 0) is 90.6 Å². The van der Waals surface area contributed by atoms with Gasteiger partial charge in [-0.1, -0.05) is 69.2 Å². The van der Waals surface area contributed by atoms with Gasteiger partial charge in [0.15, 0.2) is 0 Å². The first-order valence-electron chi connectivity index (χ1n) is 51.6. The Bertz CT molecular complexity index is 3960. The van der Waals surface area contributed by atoms with Gasteiger partial charge in [-0.05, 0) is 413 Å². The molecule has 0 spiro atoms. The zero-order valence-corrected chi connectivity index (χ0v) is 85.8. The molecular formula is C107H178O20S. The Labute approximate surface area is 773 Å². The molecule has 20 nitrogen and oxygen atoms in total. The Morgan fingerprint density at radius 1 is 0.438 bits per heavy atom. The number of aliphatic hydroxyl groups is 1. The van der Waals surface area contributed by atoms with Gasteiger partial charge >= 0.3 is 47.8 Å². The second-order valence-corrected chi connectivity index (χ2v) is 52.5. The molecule has 0 amide bonds. The van der Waals surface area contributed by atoms with Crippen molar-refractivity contribution in [1.29, 1.82) is 0 Å². The number of ether oxygens (including phenoxy) is 8. The summed E-state index contributed by atoms with van der Waals surface area (Å²) in [5.74, 6) is 9.85. The van der Waals surface area contributed by atoms with Crippen LogP contribution in [0.1, 0.15) is 425 Å². The minimum absolute atomic E-state index is 0.00857. The van der Waals surface area contributed by atoms with Crippen molar-refractivity contribution in [1.82, 2.24) is 0 Å². The monoisotopic (exact) mass is 1820 g/mol. The normalized spacial score (nSPS) is 37.4.